The molecule has 0 aromatic heterocycles. The van der Waals surface area contributed by atoms with E-state index < -0.39 is 6.04 Å². The van der Waals surface area contributed by atoms with Crippen molar-refractivity contribution < 1.29 is 9.59 Å². The minimum atomic E-state index is -0.546. The molecule has 34 heavy (non-hydrogen) atoms. The van der Waals surface area contributed by atoms with Crippen LogP contribution in [-0.2, 0) is 21.9 Å². The molecule has 0 radical (unpaired) electrons. The predicted octanol–water partition coefficient (Wildman–Crippen LogP) is 7.14. The third-order valence-electron chi connectivity index (χ3n) is 6.06. The number of thioether (sulfide) groups is 1. The van der Waals surface area contributed by atoms with Crippen LogP contribution in [0.3, 0.4) is 0 Å². The van der Waals surface area contributed by atoms with E-state index in [4.69, 9.17) is 34.8 Å². The van der Waals surface area contributed by atoms with Crippen LogP contribution in [0.25, 0.3) is 0 Å². The zero-order chi connectivity index (χ0) is 24.5. The van der Waals surface area contributed by atoms with Gasteiger partial charge in [-0.1, -0.05) is 79.2 Å². The van der Waals surface area contributed by atoms with Crippen molar-refractivity contribution in [3.63, 3.8) is 0 Å². The monoisotopic (exact) mass is 540 g/mol. The summed E-state index contributed by atoms with van der Waals surface area (Å²) < 4.78 is 0. The van der Waals surface area contributed by atoms with Crippen molar-refractivity contribution in [2.75, 3.05) is 5.75 Å². The fraction of sp³-hybridized carbons (Fsp3) is 0.462. The van der Waals surface area contributed by atoms with Gasteiger partial charge in [-0.3, -0.25) is 9.59 Å². The lowest BCUT2D eigenvalue weighted by atomic mass is 9.95. The van der Waals surface area contributed by atoms with Crippen LogP contribution in [0, 0.1) is 0 Å². The molecule has 184 valence electrons. The fourth-order valence-electron chi connectivity index (χ4n) is 4.26. The average molecular weight is 542 g/mol. The Hall–Kier alpha value is -1.40. The highest BCUT2D eigenvalue weighted by Gasteiger charge is 2.30. The zero-order valence-corrected chi connectivity index (χ0v) is 22.5. The average Bonchev–Trinajstić information content (AvgIpc) is 2.82. The number of benzene rings is 2. The van der Waals surface area contributed by atoms with Crippen molar-refractivity contribution in [3.05, 3.63) is 68.7 Å². The lowest BCUT2D eigenvalue weighted by Gasteiger charge is -2.33. The summed E-state index contributed by atoms with van der Waals surface area (Å²) in [4.78, 5) is 28.3. The number of carbonyl (C=O) groups excluding carboxylic acids is 2. The van der Waals surface area contributed by atoms with Crippen LogP contribution >= 0.6 is 46.6 Å². The van der Waals surface area contributed by atoms with Gasteiger partial charge in [0, 0.05) is 23.4 Å². The second-order valence-corrected chi connectivity index (χ2v) is 10.9. The molecular formula is C26H31Cl3N2O2S. The maximum absolute atomic E-state index is 13.4. The first-order valence-electron chi connectivity index (χ1n) is 11.7. The van der Waals surface area contributed by atoms with E-state index in [0.29, 0.717) is 33.8 Å². The Labute approximate surface area is 221 Å². The number of amides is 2. The van der Waals surface area contributed by atoms with Crippen LogP contribution in [0.1, 0.15) is 56.6 Å². The normalized spacial score (nSPS) is 15.1. The molecule has 0 unspecified atom stereocenters. The minimum Gasteiger partial charge on any atom is -0.352 e. The fourth-order valence-corrected chi connectivity index (χ4v) is 5.66. The second kappa shape index (κ2) is 13.6. The van der Waals surface area contributed by atoms with Crippen LogP contribution in [0.4, 0.5) is 0 Å². The summed E-state index contributed by atoms with van der Waals surface area (Å²) in [6.45, 7) is 2.24. The van der Waals surface area contributed by atoms with E-state index in [1.54, 1.807) is 17.0 Å². The summed E-state index contributed by atoms with van der Waals surface area (Å²) >= 11 is 19.9. The van der Waals surface area contributed by atoms with E-state index in [2.05, 4.69) is 5.32 Å². The number of nitrogens with one attached hydrogen (secondary N) is 1. The van der Waals surface area contributed by atoms with Gasteiger partial charge in [0.1, 0.15) is 6.04 Å². The van der Waals surface area contributed by atoms with Gasteiger partial charge < -0.3 is 10.2 Å². The molecule has 2 amide bonds. The molecule has 0 heterocycles. The second-order valence-electron chi connectivity index (χ2n) is 8.66. The molecule has 1 N–H and O–H groups in total. The molecule has 4 nitrogen and oxygen atoms in total. The summed E-state index contributed by atoms with van der Waals surface area (Å²) in [6.07, 6.45) is 6.01. The first-order valence-corrected chi connectivity index (χ1v) is 14.0. The number of nitrogens with zero attached hydrogens (tertiary/aromatic N) is 1. The maximum atomic E-state index is 13.4. The standard InChI is InChI=1S/C26H31Cl3N2O2S/c1-2-24(26(33)30-21-9-4-3-5-10-21)31(15-18-11-12-22(28)23(29)14-18)25(32)17-34-16-19-7-6-8-20(27)13-19/h6-8,11-14,21,24H,2-5,9-10,15-17H2,1H3,(H,30,33)/t24-/m1/s1. The Morgan fingerprint density at radius 2 is 1.79 bits per heavy atom. The highest BCUT2D eigenvalue weighted by Crippen LogP contribution is 2.25. The Balaban J connectivity index is 1.72. The van der Waals surface area contributed by atoms with E-state index in [0.717, 1.165) is 36.8 Å². The molecule has 1 saturated carbocycles. The van der Waals surface area contributed by atoms with Gasteiger partial charge in [0.25, 0.3) is 0 Å². The van der Waals surface area contributed by atoms with Gasteiger partial charge in [-0.05, 0) is 54.7 Å². The molecule has 1 atom stereocenters. The van der Waals surface area contributed by atoms with Crippen molar-refractivity contribution in [2.24, 2.45) is 0 Å². The molecular weight excluding hydrogens is 511 g/mol. The first kappa shape index (κ1) is 27.2. The van der Waals surface area contributed by atoms with Crippen molar-refractivity contribution in [2.45, 2.75) is 69.8 Å². The highest BCUT2D eigenvalue weighted by molar-refractivity contribution is 7.99. The summed E-state index contributed by atoms with van der Waals surface area (Å²) in [6, 6.07) is 12.6. The van der Waals surface area contributed by atoms with Crippen molar-refractivity contribution in [3.8, 4) is 0 Å². The van der Waals surface area contributed by atoms with Gasteiger partial charge in [-0.15, -0.1) is 11.8 Å². The Morgan fingerprint density at radius 1 is 1.03 bits per heavy atom. The van der Waals surface area contributed by atoms with Gasteiger partial charge >= 0.3 is 0 Å². The number of halogens is 3. The maximum Gasteiger partial charge on any atom is 0.243 e. The van der Waals surface area contributed by atoms with Crippen LogP contribution in [0.15, 0.2) is 42.5 Å². The van der Waals surface area contributed by atoms with Crippen molar-refractivity contribution in [1.29, 1.82) is 0 Å². The third-order valence-corrected chi connectivity index (χ3v) is 8.02. The molecule has 1 aliphatic rings. The SMILES string of the molecule is CC[C@H](C(=O)NC1CCCCC1)N(Cc1ccc(Cl)c(Cl)c1)C(=O)CSCc1cccc(Cl)c1. The molecule has 0 aliphatic heterocycles. The summed E-state index contributed by atoms with van der Waals surface area (Å²) in [5.41, 5.74) is 1.90. The molecule has 0 bridgehead atoms. The quantitative estimate of drug-likeness (QED) is 0.348. The summed E-state index contributed by atoms with van der Waals surface area (Å²) in [5.74, 6) is 0.769. The zero-order valence-electron chi connectivity index (χ0n) is 19.4. The number of hydrogen-bond donors (Lipinski definition) is 1. The van der Waals surface area contributed by atoms with E-state index in [1.807, 2.05) is 37.3 Å². The van der Waals surface area contributed by atoms with E-state index in [1.165, 1.54) is 18.2 Å². The smallest absolute Gasteiger partial charge is 0.243 e. The van der Waals surface area contributed by atoms with Crippen LogP contribution in [0.2, 0.25) is 15.1 Å². The molecule has 2 aromatic carbocycles. The largest absolute Gasteiger partial charge is 0.352 e. The van der Waals surface area contributed by atoms with Gasteiger partial charge in [0.05, 0.1) is 15.8 Å². The Morgan fingerprint density at radius 3 is 2.47 bits per heavy atom. The summed E-state index contributed by atoms with van der Waals surface area (Å²) in [7, 11) is 0. The molecule has 8 heteroatoms. The van der Waals surface area contributed by atoms with Gasteiger partial charge in [0.2, 0.25) is 11.8 Å². The number of rotatable bonds is 10. The first-order chi connectivity index (χ1) is 16.4. The van der Waals surface area contributed by atoms with Crippen LogP contribution < -0.4 is 5.32 Å². The molecule has 0 spiro atoms. The molecule has 1 aliphatic carbocycles. The highest BCUT2D eigenvalue weighted by atomic mass is 35.5. The molecule has 3 rings (SSSR count). The van der Waals surface area contributed by atoms with E-state index in [-0.39, 0.29) is 23.6 Å². The number of carbonyl (C=O) groups is 2. The lowest BCUT2D eigenvalue weighted by Crippen LogP contribution is -2.52. The third kappa shape index (κ3) is 8.08. The van der Waals surface area contributed by atoms with Crippen molar-refractivity contribution >= 4 is 58.4 Å². The topological polar surface area (TPSA) is 49.4 Å². The predicted molar refractivity (Wildman–Crippen MR) is 144 cm³/mol. The molecule has 1 fully saturated rings. The van der Waals surface area contributed by atoms with E-state index >= 15 is 0 Å². The number of hydrogen-bond acceptors (Lipinski definition) is 3. The lowest BCUT2D eigenvalue weighted by molar-refractivity contribution is -0.139. The van der Waals surface area contributed by atoms with Crippen molar-refractivity contribution in [1.82, 2.24) is 10.2 Å². The molecule has 0 saturated heterocycles. The van der Waals surface area contributed by atoms with Gasteiger partial charge in [-0.25, -0.2) is 0 Å². The minimum absolute atomic E-state index is 0.0799. The van der Waals surface area contributed by atoms with Gasteiger partial charge in [-0.2, -0.15) is 0 Å². The van der Waals surface area contributed by atoms with Crippen LogP contribution in [0.5, 0.6) is 0 Å². The van der Waals surface area contributed by atoms with Gasteiger partial charge in [0.15, 0.2) is 0 Å². The van der Waals surface area contributed by atoms with Crippen LogP contribution in [-0.4, -0.2) is 34.6 Å². The Bertz CT molecular complexity index is 982. The molecule has 2 aromatic rings. The summed E-state index contributed by atoms with van der Waals surface area (Å²) in [5, 5.41) is 4.77. The van der Waals surface area contributed by atoms with E-state index in [9.17, 15) is 9.59 Å². The Kier molecular flexibility index (Phi) is 10.9.